The summed E-state index contributed by atoms with van der Waals surface area (Å²) in [5, 5.41) is 12.3. The van der Waals surface area contributed by atoms with Crippen molar-refractivity contribution in [1.29, 1.82) is 0 Å². The van der Waals surface area contributed by atoms with Gasteiger partial charge < -0.3 is 19.5 Å². The number of aliphatic hydroxyl groups is 1. The minimum absolute atomic E-state index is 0.0406. The lowest BCUT2D eigenvalue weighted by molar-refractivity contribution is -0.136. The van der Waals surface area contributed by atoms with Gasteiger partial charge in [0.05, 0.1) is 25.3 Å². The Kier molecular flexibility index (Phi) is 9.12. The number of rotatable bonds is 11. The van der Waals surface area contributed by atoms with Crippen LogP contribution in [0.3, 0.4) is 0 Å². The van der Waals surface area contributed by atoms with Crippen LogP contribution in [0.1, 0.15) is 29.0 Å². The van der Waals surface area contributed by atoms with Crippen LogP contribution >= 0.6 is 11.3 Å². The lowest BCUT2D eigenvalue weighted by Gasteiger charge is -2.37. The van der Waals surface area contributed by atoms with Gasteiger partial charge in [-0.2, -0.15) is 0 Å². The number of aliphatic hydroxyl groups excluding tert-OH is 1. The molecular formula is C25H32N2O4S. The average molecular weight is 457 g/mol. The van der Waals surface area contributed by atoms with Crippen LogP contribution < -0.4 is 4.74 Å². The second kappa shape index (κ2) is 12.0. The number of nitrogens with zero attached hydrogens (tertiary/aromatic N) is 2. The van der Waals surface area contributed by atoms with E-state index < -0.39 is 6.10 Å². The highest BCUT2D eigenvalue weighted by molar-refractivity contribution is 7.10. The second-order valence-corrected chi connectivity index (χ2v) is 8.93. The summed E-state index contributed by atoms with van der Waals surface area (Å²) in [6, 6.07) is 9.91. The van der Waals surface area contributed by atoms with E-state index >= 15 is 0 Å². The molecule has 1 N–H and O–H groups in total. The van der Waals surface area contributed by atoms with Gasteiger partial charge in [-0.3, -0.25) is 9.69 Å². The highest BCUT2D eigenvalue weighted by atomic mass is 32.1. The van der Waals surface area contributed by atoms with E-state index in [0.29, 0.717) is 26.2 Å². The van der Waals surface area contributed by atoms with E-state index in [4.69, 9.17) is 15.9 Å². The third-order valence-electron chi connectivity index (χ3n) is 5.68. The Balaban J connectivity index is 1.66. The van der Waals surface area contributed by atoms with Crippen LogP contribution in [0.4, 0.5) is 0 Å². The Bertz CT molecular complexity index is 923. The molecule has 172 valence electrons. The van der Waals surface area contributed by atoms with E-state index in [1.807, 2.05) is 47.9 Å². The quantitative estimate of drug-likeness (QED) is 0.416. The monoisotopic (exact) mass is 456 g/mol. The van der Waals surface area contributed by atoms with Gasteiger partial charge in [-0.15, -0.1) is 17.8 Å². The lowest BCUT2D eigenvalue weighted by atomic mass is 10.0. The standard InChI is InChI=1S/C25H32N2O4S/c1-4-13-30-17-20(28)15-26(5-2)16-25(29)27-12-10-24-21(11-14-32-24)22(27)18-31-23-9-7-6-8-19(23)3/h1,6-9,11,14,20,22,28H,5,10,12-13,15-18H2,2-3H3/t20-,22-/m0/s1. The molecule has 1 amide bonds. The van der Waals surface area contributed by atoms with Crippen molar-refractivity contribution >= 4 is 17.2 Å². The summed E-state index contributed by atoms with van der Waals surface area (Å²) in [7, 11) is 0. The van der Waals surface area contributed by atoms with Crippen LogP contribution in [0.25, 0.3) is 0 Å². The molecule has 2 aromatic rings. The highest BCUT2D eigenvalue weighted by Crippen LogP contribution is 2.34. The van der Waals surface area contributed by atoms with Gasteiger partial charge in [0.25, 0.3) is 0 Å². The number of aryl methyl sites for hydroxylation is 1. The molecule has 1 aliphatic rings. The molecule has 1 aliphatic heterocycles. The van der Waals surface area contributed by atoms with Gasteiger partial charge in [-0.05, 0) is 48.5 Å². The lowest BCUT2D eigenvalue weighted by Crippen LogP contribution is -2.48. The molecule has 0 bridgehead atoms. The molecule has 0 saturated heterocycles. The van der Waals surface area contributed by atoms with Gasteiger partial charge in [0.2, 0.25) is 5.91 Å². The topological polar surface area (TPSA) is 62.2 Å². The first kappa shape index (κ1) is 24.3. The molecule has 7 heteroatoms. The summed E-state index contributed by atoms with van der Waals surface area (Å²) in [5.74, 6) is 3.27. The zero-order valence-electron chi connectivity index (χ0n) is 18.8. The van der Waals surface area contributed by atoms with Crippen LogP contribution in [-0.2, 0) is 16.0 Å². The minimum atomic E-state index is -0.693. The van der Waals surface area contributed by atoms with Crippen molar-refractivity contribution in [2.75, 3.05) is 46.0 Å². The Morgan fingerprint density at radius 1 is 1.41 bits per heavy atom. The molecule has 0 radical (unpaired) electrons. The fourth-order valence-corrected chi connectivity index (χ4v) is 4.88. The number of para-hydroxylation sites is 1. The van der Waals surface area contributed by atoms with Gasteiger partial charge in [-0.25, -0.2) is 0 Å². The second-order valence-electron chi connectivity index (χ2n) is 7.93. The number of amides is 1. The fourth-order valence-electron chi connectivity index (χ4n) is 3.95. The Morgan fingerprint density at radius 3 is 2.97 bits per heavy atom. The summed E-state index contributed by atoms with van der Waals surface area (Å²) in [5.41, 5.74) is 2.25. The molecule has 6 nitrogen and oxygen atoms in total. The molecule has 2 heterocycles. The number of carbonyl (C=O) groups excluding carboxylic acids is 1. The third-order valence-corrected chi connectivity index (χ3v) is 6.67. The largest absolute Gasteiger partial charge is 0.491 e. The van der Waals surface area contributed by atoms with E-state index in [1.54, 1.807) is 11.3 Å². The maximum atomic E-state index is 13.3. The molecule has 2 atom stereocenters. The molecule has 3 rings (SSSR count). The van der Waals surface area contributed by atoms with E-state index in [0.717, 1.165) is 17.7 Å². The van der Waals surface area contributed by atoms with E-state index in [9.17, 15) is 9.90 Å². The SMILES string of the molecule is C#CCOC[C@@H](O)CN(CC)CC(=O)N1CCc2sccc2[C@@H]1COc1ccccc1C. The molecule has 0 aliphatic carbocycles. The Morgan fingerprint density at radius 2 is 2.22 bits per heavy atom. The van der Waals surface area contributed by atoms with E-state index in [2.05, 4.69) is 17.4 Å². The Labute approximate surface area is 194 Å². The van der Waals surface area contributed by atoms with Gasteiger partial charge in [0.1, 0.15) is 19.0 Å². The Hall–Kier alpha value is -2.37. The smallest absolute Gasteiger partial charge is 0.237 e. The summed E-state index contributed by atoms with van der Waals surface area (Å²) in [4.78, 5) is 18.5. The molecule has 32 heavy (non-hydrogen) atoms. The highest BCUT2D eigenvalue weighted by Gasteiger charge is 2.33. The molecule has 1 aromatic heterocycles. The van der Waals surface area contributed by atoms with Crippen molar-refractivity contribution in [3.8, 4) is 18.1 Å². The predicted octanol–water partition coefficient (Wildman–Crippen LogP) is 2.89. The predicted molar refractivity (Wildman–Crippen MR) is 127 cm³/mol. The number of ether oxygens (including phenoxy) is 2. The van der Waals surface area contributed by atoms with E-state index in [-0.39, 0.29) is 31.7 Å². The molecular weight excluding hydrogens is 424 g/mol. The number of fused-ring (bicyclic) bond motifs is 1. The number of likely N-dealkylation sites (N-methyl/N-ethyl adjacent to an activating group) is 1. The normalized spacial score (nSPS) is 16.5. The molecule has 1 aromatic carbocycles. The van der Waals surface area contributed by atoms with Gasteiger partial charge >= 0.3 is 0 Å². The zero-order chi connectivity index (χ0) is 22.9. The molecule has 0 saturated carbocycles. The van der Waals surface area contributed by atoms with E-state index in [1.165, 1.54) is 10.4 Å². The molecule has 0 spiro atoms. The van der Waals surface area contributed by atoms with Gasteiger partial charge in [0, 0.05) is 18.0 Å². The van der Waals surface area contributed by atoms with Gasteiger partial charge in [-0.1, -0.05) is 31.0 Å². The van der Waals surface area contributed by atoms with Crippen LogP contribution in [0.2, 0.25) is 0 Å². The first-order valence-electron chi connectivity index (χ1n) is 11.0. The first-order valence-corrected chi connectivity index (χ1v) is 11.9. The summed E-state index contributed by atoms with van der Waals surface area (Å²) < 4.78 is 11.4. The third kappa shape index (κ3) is 6.33. The van der Waals surface area contributed by atoms with Crippen LogP contribution in [0.15, 0.2) is 35.7 Å². The van der Waals surface area contributed by atoms with Crippen molar-refractivity contribution in [2.24, 2.45) is 0 Å². The summed E-state index contributed by atoms with van der Waals surface area (Å²) in [6.45, 7) is 6.65. The molecule has 0 fully saturated rings. The number of thiophene rings is 1. The van der Waals surface area contributed by atoms with Crippen LogP contribution in [0.5, 0.6) is 5.75 Å². The maximum absolute atomic E-state index is 13.3. The number of benzene rings is 1. The van der Waals surface area contributed by atoms with Gasteiger partial charge in [0.15, 0.2) is 0 Å². The van der Waals surface area contributed by atoms with Crippen molar-refractivity contribution in [3.05, 3.63) is 51.7 Å². The zero-order valence-corrected chi connectivity index (χ0v) is 19.6. The minimum Gasteiger partial charge on any atom is -0.491 e. The fraction of sp³-hybridized carbons (Fsp3) is 0.480. The van der Waals surface area contributed by atoms with Crippen molar-refractivity contribution in [3.63, 3.8) is 0 Å². The molecule has 0 unspecified atom stereocenters. The first-order chi connectivity index (χ1) is 15.5. The average Bonchev–Trinajstić information content (AvgIpc) is 3.27. The number of terminal acetylenes is 1. The van der Waals surface area contributed by atoms with Crippen LogP contribution in [-0.4, -0.2) is 72.9 Å². The number of hydrogen-bond donors (Lipinski definition) is 1. The van der Waals surface area contributed by atoms with Crippen molar-refractivity contribution in [1.82, 2.24) is 9.80 Å². The summed E-state index contributed by atoms with van der Waals surface area (Å²) >= 11 is 1.74. The number of hydrogen-bond acceptors (Lipinski definition) is 6. The maximum Gasteiger partial charge on any atom is 0.237 e. The van der Waals surface area contributed by atoms with Crippen LogP contribution in [0, 0.1) is 19.3 Å². The van der Waals surface area contributed by atoms with Crippen molar-refractivity contribution < 1.29 is 19.4 Å². The summed E-state index contributed by atoms with van der Waals surface area (Å²) in [6.07, 6.45) is 5.34. The number of carbonyl (C=O) groups is 1. The van der Waals surface area contributed by atoms with Crippen molar-refractivity contribution in [2.45, 2.75) is 32.4 Å².